The summed E-state index contributed by atoms with van der Waals surface area (Å²) in [6, 6.07) is 1.93. The molecule has 6 nitrogen and oxygen atoms in total. The average Bonchev–Trinajstić information content (AvgIpc) is 2.32. The van der Waals surface area contributed by atoms with E-state index in [-0.39, 0.29) is 27.3 Å². The van der Waals surface area contributed by atoms with Crippen LogP contribution in [-0.2, 0) is 4.74 Å². The van der Waals surface area contributed by atoms with Crippen molar-refractivity contribution in [2.45, 2.75) is 13.0 Å². The van der Waals surface area contributed by atoms with Gasteiger partial charge in [-0.25, -0.2) is 0 Å². The average molecular weight is 307 g/mol. The van der Waals surface area contributed by atoms with Crippen LogP contribution in [0.3, 0.4) is 0 Å². The van der Waals surface area contributed by atoms with Gasteiger partial charge in [-0.2, -0.15) is 0 Å². The smallest absolute Gasteiger partial charge is 0.271 e. The molecule has 1 aromatic rings. The number of hydrogen-bond donors (Lipinski definition) is 1. The molecule has 0 saturated heterocycles. The summed E-state index contributed by atoms with van der Waals surface area (Å²) in [5.41, 5.74) is -0.331. The summed E-state index contributed by atoms with van der Waals surface area (Å²) in [4.78, 5) is 22.0. The third-order valence-electron chi connectivity index (χ3n) is 2.26. The Balaban J connectivity index is 3.05. The second-order valence-corrected chi connectivity index (χ2v) is 4.66. The molecule has 1 amide bonds. The molecule has 0 radical (unpaired) electrons. The molecule has 104 valence electrons. The Kier molecular flexibility index (Phi) is 5.53. The maximum Gasteiger partial charge on any atom is 0.271 e. The zero-order valence-corrected chi connectivity index (χ0v) is 11.8. The van der Waals surface area contributed by atoms with Gasteiger partial charge in [0.2, 0.25) is 0 Å². The molecule has 19 heavy (non-hydrogen) atoms. The zero-order valence-electron chi connectivity index (χ0n) is 10.3. The van der Waals surface area contributed by atoms with Gasteiger partial charge in [0.25, 0.3) is 11.6 Å². The van der Waals surface area contributed by atoms with Crippen LogP contribution in [0, 0.1) is 10.1 Å². The monoisotopic (exact) mass is 306 g/mol. The first-order valence-corrected chi connectivity index (χ1v) is 6.05. The van der Waals surface area contributed by atoms with Gasteiger partial charge in [0.1, 0.15) is 0 Å². The normalized spacial score (nSPS) is 12.0. The van der Waals surface area contributed by atoms with E-state index in [2.05, 4.69) is 5.32 Å². The fraction of sp³-hybridized carbons (Fsp3) is 0.364. The molecule has 0 aliphatic carbocycles. The van der Waals surface area contributed by atoms with Crippen molar-refractivity contribution in [3.05, 3.63) is 37.9 Å². The maximum atomic E-state index is 11.9. The van der Waals surface area contributed by atoms with Crippen LogP contribution >= 0.6 is 23.2 Å². The number of amides is 1. The van der Waals surface area contributed by atoms with E-state index in [1.807, 2.05) is 0 Å². The summed E-state index contributed by atoms with van der Waals surface area (Å²) in [6.45, 7) is 2.04. The summed E-state index contributed by atoms with van der Waals surface area (Å²) in [5.74, 6) is -0.542. The van der Waals surface area contributed by atoms with Crippen molar-refractivity contribution in [2.24, 2.45) is 0 Å². The Bertz CT molecular complexity index is 508. The third kappa shape index (κ3) is 4.05. The van der Waals surface area contributed by atoms with Gasteiger partial charge in [0.15, 0.2) is 0 Å². The van der Waals surface area contributed by atoms with Crippen LogP contribution in [0.5, 0.6) is 0 Å². The van der Waals surface area contributed by atoms with Crippen LogP contribution < -0.4 is 5.32 Å². The topological polar surface area (TPSA) is 81.5 Å². The lowest BCUT2D eigenvalue weighted by molar-refractivity contribution is -0.384. The first-order chi connectivity index (χ1) is 8.86. The van der Waals surface area contributed by atoms with Crippen LogP contribution in [0.15, 0.2) is 12.1 Å². The van der Waals surface area contributed by atoms with Gasteiger partial charge in [0, 0.05) is 25.3 Å². The van der Waals surface area contributed by atoms with E-state index in [1.54, 1.807) is 6.92 Å². The summed E-state index contributed by atoms with van der Waals surface area (Å²) in [5, 5.41) is 13.3. The number of non-ortho nitro benzene ring substituents is 1. The van der Waals surface area contributed by atoms with Crippen molar-refractivity contribution in [1.29, 1.82) is 0 Å². The van der Waals surface area contributed by atoms with Gasteiger partial charge < -0.3 is 10.1 Å². The highest BCUT2D eigenvalue weighted by atomic mass is 35.5. The van der Waals surface area contributed by atoms with Crippen molar-refractivity contribution in [1.82, 2.24) is 5.32 Å². The highest BCUT2D eigenvalue weighted by Crippen LogP contribution is 2.30. The Morgan fingerprint density at radius 3 is 2.68 bits per heavy atom. The van der Waals surface area contributed by atoms with E-state index in [0.29, 0.717) is 6.61 Å². The predicted molar refractivity (Wildman–Crippen MR) is 71.9 cm³/mol. The van der Waals surface area contributed by atoms with E-state index >= 15 is 0 Å². The molecule has 8 heteroatoms. The summed E-state index contributed by atoms with van der Waals surface area (Å²) in [7, 11) is 1.50. The molecule has 0 aliphatic rings. The van der Waals surface area contributed by atoms with E-state index in [1.165, 1.54) is 7.11 Å². The molecule has 1 unspecified atom stereocenters. The number of methoxy groups -OCH3 is 1. The fourth-order valence-corrected chi connectivity index (χ4v) is 1.85. The highest BCUT2D eigenvalue weighted by molar-refractivity contribution is 6.44. The third-order valence-corrected chi connectivity index (χ3v) is 3.06. The molecule has 0 saturated carbocycles. The van der Waals surface area contributed by atoms with Crippen molar-refractivity contribution >= 4 is 34.8 Å². The van der Waals surface area contributed by atoms with Crippen LogP contribution in [-0.4, -0.2) is 30.6 Å². The fourth-order valence-electron chi connectivity index (χ4n) is 1.44. The molecule has 1 atom stereocenters. The number of benzene rings is 1. The molecular formula is C11H12Cl2N2O4. The lowest BCUT2D eigenvalue weighted by Crippen LogP contribution is -2.35. The summed E-state index contributed by atoms with van der Waals surface area (Å²) < 4.78 is 4.87. The molecule has 1 N–H and O–H groups in total. The number of carbonyl (C=O) groups excluding carboxylic acids is 1. The molecular weight excluding hydrogens is 295 g/mol. The van der Waals surface area contributed by atoms with Crippen molar-refractivity contribution in [3.8, 4) is 0 Å². The van der Waals surface area contributed by atoms with Crippen molar-refractivity contribution < 1.29 is 14.5 Å². The van der Waals surface area contributed by atoms with Gasteiger partial charge >= 0.3 is 0 Å². The lowest BCUT2D eigenvalue weighted by Gasteiger charge is -2.13. The molecule has 0 fully saturated rings. The van der Waals surface area contributed by atoms with Crippen molar-refractivity contribution in [3.63, 3.8) is 0 Å². The largest absolute Gasteiger partial charge is 0.383 e. The number of ether oxygens (including phenoxy) is 1. The summed E-state index contributed by atoms with van der Waals surface area (Å²) in [6.07, 6.45) is 0. The Labute approximate surface area is 119 Å². The Hall–Kier alpha value is -1.37. The van der Waals surface area contributed by atoms with Crippen LogP contribution in [0.2, 0.25) is 10.0 Å². The second-order valence-electron chi connectivity index (χ2n) is 3.88. The Morgan fingerprint density at radius 2 is 2.16 bits per heavy atom. The highest BCUT2D eigenvalue weighted by Gasteiger charge is 2.20. The zero-order chi connectivity index (χ0) is 14.6. The number of halogens is 2. The van der Waals surface area contributed by atoms with E-state index in [9.17, 15) is 14.9 Å². The van der Waals surface area contributed by atoms with Crippen LogP contribution in [0.4, 0.5) is 5.69 Å². The predicted octanol–water partition coefficient (Wildman–Crippen LogP) is 2.67. The number of nitrogens with one attached hydrogen (secondary N) is 1. The van der Waals surface area contributed by atoms with Gasteiger partial charge in [-0.3, -0.25) is 14.9 Å². The van der Waals surface area contributed by atoms with Crippen molar-refractivity contribution in [2.75, 3.05) is 13.7 Å². The number of carbonyl (C=O) groups is 1. The minimum atomic E-state index is -0.641. The number of rotatable bonds is 5. The quantitative estimate of drug-likeness (QED) is 0.670. The SMILES string of the molecule is COCC(C)NC(=O)c1cc([N+](=O)[O-])cc(Cl)c1Cl. The number of nitro groups is 1. The van der Waals surface area contributed by atoms with E-state index < -0.39 is 10.8 Å². The minimum absolute atomic E-state index is 0.0191. The number of nitrogens with zero attached hydrogens (tertiary/aromatic N) is 1. The molecule has 0 aromatic heterocycles. The minimum Gasteiger partial charge on any atom is -0.383 e. The molecule has 0 heterocycles. The first kappa shape index (κ1) is 15.7. The van der Waals surface area contributed by atoms with E-state index in [0.717, 1.165) is 12.1 Å². The van der Waals surface area contributed by atoms with Gasteiger partial charge in [-0.15, -0.1) is 0 Å². The van der Waals surface area contributed by atoms with Gasteiger partial charge in [0.05, 0.1) is 27.1 Å². The number of hydrogen-bond acceptors (Lipinski definition) is 4. The molecule has 1 aromatic carbocycles. The number of nitro benzene ring substituents is 1. The maximum absolute atomic E-state index is 11.9. The lowest BCUT2D eigenvalue weighted by atomic mass is 10.1. The van der Waals surface area contributed by atoms with Crippen LogP contribution in [0.1, 0.15) is 17.3 Å². The van der Waals surface area contributed by atoms with Gasteiger partial charge in [-0.1, -0.05) is 23.2 Å². The summed E-state index contributed by atoms with van der Waals surface area (Å²) >= 11 is 11.6. The Morgan fingerprint density at radius 1 is 1.53 bits per heavy atom. The van der Waals surface area contributed by atoms with Gasteiger partial charge in [-0.05, 0) is 6.92 Å². The molecule has 0 aliphatic heterocycles. The molecule has 0 bridgehead atoms. The standard InChI is InChI=1S/C11H12Cl2N2O4/c1-6(5-19-2)14-11(16)8-3-7(15(17)18)4-9(12)10(8)13/h3-4,6H,5H2,1-2H3,(H,14,16). The van der Waals surface area contributed by atoms with Crippen LogP contribution in [0.25, 0.3) is 0 Å². The van der Waals surface area contributed by atoms with E-state index in [4.69, 9.17) is 27.9 Å². The molecule has 0 spiro atoms. The molecule has 1 rings (SSSR count). The first-order valence-electron chi connectivity index (χ1n) is 5.30. The second kappa shape index (κ2) is 6.70.